The number of carbonyl (C=O) groups excluding carboxylic acids is 3. The van der Waals surface area contributed by atoms with Crippen molar-refractivity contribution in [3.8, 4) is 0 Å². The summed E-state index contributed by atoms with van der Waals surface area (Å²) in [5.41, 5.74) is -0.201. The zero-order valence-electron chi connectivity index (χ0n) is 13.3. The lowest BCUT2D eigenvalue weighted by molar-refractivity contribution is -0.193. The average Bonchev–Trinajstić information content (AvgIpc) is 3.24. The van der Waals surface area contributed by atoms with Crippen LogP contribution >= 0.6 is 0 Å². The summed E-state index contributed by atoms with van der Waals surface area (Å²) in [6, 6.07) is 15.3. The van der Waals surface area contributed by atoms with E-state index in [4.69, 9.17) is 9.57 Å². The second-order valence-electron chi connectivity index (χ2n) is 5.97. The number of hydroxylamine groups is 2. The zero-order valence-corrected chi connectivity index (χ0v) is 13.3. The standard InChI is InChI=1S/C19H15NO5/c21-16-14-9-4-5-10-15(14)17(22)20(16)25-18(23)19(11-6-12-24-19)13-7-2-1-3-8-13/h1-5,7-10H,6,11-12H2. The molecule has 1 fully saturated rings. The van der Waals surface area contributed by atoms with Gasteiger partial charge in [0.15, 0.2) is 5.60 Å². The van der Waals surface area contributed by atoms with Crippen molar-refractivity contribution in [1.29, 1.82) is 0 Å². The summed E-state index contributed by atoms with van der Waals surface area (Å²) in [5.74, 6) is -2.05. The fourth-order valence-corrected chi connectivity index (χ4v) is 3.26. The Hall–Kier alpha value is -2.99. The number of benzene rings is 2. The molecule has 25 heavy (non-hydrogen) atoms. The molecule has 2 heterocycles. The van der Waals surface area contributed by atoms with E-state index in [-0.39, 0.29) is 11.1 Å². The molecular formula is C19H15NO5. The van der Waals surface area contributed by atoms with Gasteiger partial charge < -0.3 is 9.57 Å². The van der Waals surface area contributed by atoms with Gasteiger partial charge in [-0.3, -0.25) is 9.59 Å². The van der Waals surface area contributed by atoms with E-state index in [0.29, 0.717) is 30.1 Å². The van der Waals surface area contributed by atoms with Crippen molar-refractivity contribution < 1.29 is 24.0 Å². The first kappa shape index (κ1) is 15.5. The van der Waals surface area contributed by atoms with Gasteiger partial charge in [-0.15, -0.1) is 0 Å². The van der Waals surface area contributed by atoms with Crippen LogP contribution in [0.5, 0.6) is 0 Å². The summed E-state index contributed by atoms with van der Waals surface area (Å²) in [7, 11) is 0. The normalized spacial score (nSPS) is 22.2. The van der Waals surface area contributed by atoms with E-state index >= 15 is 0 Å². The summed E-state index contributed by atoms with van der Waals surface area (Å²) < 4.78 is 5.72. The smallest absolute Gasteiger partial charge is 0.358 e. The largest absolute Gasteiger partial charge is 0.369 e. The van der Waals surface area contributed by atoms with E-state index in [0.717, 1.165) is 0 Å². The molecule has 2 aliphatic rings. The minimum Gasteiger partial charge on any atom is -0.358 e. The van der Waals surface area contributed by atoms with Crippen LogP contribution in [0.2, 0.25) is 0 Å². The Morgan fingerprint density at radius 2 is 1.56 bits per heavy atom. The number of fused-ring (bicyclic) bond motifs is 1. The molecule has 1 saturated heterocycles. The third-order valence-electron chi connectivity index (χ3n) is 4.52. The van der Waals surface area contributed by atoms with Gasteiger partial charge in [0.1, 0.15) is 0 Å². The van der Waals surface area contributed by atoms with Crippen molar-refractivity contribution in [2.75, 3.05) is 6.61 Å². The van der Waals surface area contributed by atoms with Crippen LogP contribution in [0.25, 0.3) is 0 Å². The summed E-state index contributed by atoms with van der Waals surface area (Å²) in [6.07, 6.45) is 1.12. The molecule has 0 saturated carbocycles. The van der Waals surface area contributed by atoms with Crippen molar-refractivity contribution in [2.45, 2.75) is 18.4 Å². The van der Waals surface area contributed by atoms with E-state index < -0.39 is 23.4 Å². The van der Waals surface area contributed by atoms with Gasteiger partial charge in [-0.2, -0.15) is 0 Å². The highest BCUT2D eigenvalue weighted by molar-refractivity contribution is 6.21. The lowest BCUT2D eigenvalue weighted by atomic mass is 9.91. The molecule has 2 amide bonds. The van der Waals surface area contributed by atoms with Crippen LogP contribution in [0.15, 0.2) is 54.6 Å². The van der Waals surface area contributed by atoms with Gasteiger partial charge in [0, 0.05) is 6.61 Å². The number of rotatable bonds is 3. The molecule has 1 unspecified atom stereocenters. The fourth-order valence-electron chi connectivity index (χ4n) is 3.26. The molecule has 6 nitrogen and oxygen atoms in total. The maximum absolute atomic E-state index is 12.9. The molecule has 2 aromatic carbocycles. The van der Waals surface area contributed by atoms with E-state index in [1.54, 1.807) is 36.4 Å². The molecule has 2 aromatic rings. The van der Waals surface area contributed by atoms with Crippen molar-refractivity contribution >= 4 is 17.8 Å². The van der Waals surface area contributed by atoms with Crippen LogP contribution in [-0.2, 0) is 20.0 Å². The maximum atomic E-state index is 12.9. The predicted octanol–water partition coefficient (Wildman–Crippen LogP) is 2.45. The summed E-state index contributed by atoms with van der Waals surface area (Å²) in [4.78, 5) is 42.9. The molecule has 4 rings (SSSR count). The van der Waals surface area contributed by atoms with Crippen molar-refractivity contribution in [2.24, 2.45) is 0 Å². The van der Waals surface area contributed by atoms with Gasteiger partial charge >= 0.3 is 5.97 Å². The first-order valence-corrected chi connectivity index (χ1v) is 8.03. The predicted molar refractivity (Wildman–Crippen MR) is 86.3 cm³/mol. The van der Waals surface area contributed by atoms with Crippen LogP contribution in [0, 0.1) is 0 Å². The van der Waals surface area contributed by atoms with Crippen LogP contribution in [0.4, 0.5) is 0 Å². The van der Waals surface area contributed by atoms with E-state index in [9.17, 15) is 14.4 Å². The van der Waals surface area contributed by atoms with Crippen LogP contribution in [0.1, 0.15) is 39.1 Å². The molecule has 1 atom stereocenters. The second kappa shape index (κ2) is 5.82. The summed E-state index contributed by atoms with van der Waals surface area (Å²) >= 11 is 0. The van der Waals surface area contributed by atoms with Gasteiger partial charge in [-0.1, -0.05) is 47.5 Å². The minimum absolute atomic E-state index is 0.224. The highest BCUT2D eigenvalue weighted by Gasteiger charge is 2.49. The molecule has 6 heteroatoms. The quantitative estimate of drug-likeness (QED) is 0.805. The molecule has 0 bridgehead atoms. The first-order chi connectivity index (χ1) is 12.1. The van der Waals surface area contributed by atoms with E-state index in [1.807, 2.05) is 6.07 Å². The molecular weight excluding hydrogens is 322 g/mol. The Bertz CT molecular complexity index is 820. The molecule has 0 spiro atoms. The van der Waals surface area contributed by atoms with Crippen LogP contribution in [-0.4, -0.2) is 29.5 Å². The molecule has 0 aromatic heterocycles. The van der Waals surface area contributed by atoms with Gasteiger partial charge in [0.05, 0.1) is 11.1 Å². The third-order valence-corrected chi connectivity index (χ3v) is 4.52. The van der Waals surface area contributed by atoms with E-state index in [1.165, 1.54) is 12.1 Å². The van der Waals surface area contributed by atoms with Crippen molar-refractivity contribution in [3.63, 3.8) is 0 Å². The first-order valence-electron chi connectivity index (χ1n) is 8.03. The van der Waals surface area contributed by atoms with Crippen LogP contribution in [0.3, 0.4) is 0 Å². The lowest BCUT2D eigenvalue weighted by Gasteiger charge is -2.27. The number of hydrogen-bond acceptors (Lipinski definition) is 5. The van der Waals surface area contributed by atoms with Gasteiger partial charge in [0.25, 0.3) is 11.8 Å². The zero-order chi connectivity index (χ0) is 17.4. The number of ether oxygens (including phenoxy) is 1. The number of carbonyl (C=O) groups is 3. The van der Waals surface area contributed by atoms with Gasteiger partial charge in [-0.25, -0.2) is 4.79 Å². The Balaban J connectivity index is 1.64. The SMILES string of the molecule is O=C1c2ccccc2C(=O)N1OC(=O)C1(c2ccccc2)CCCO1. The molecule has 2 aliphatic heterocycles. The maximum Gasteiger partial charge on any atom is 0.369 e. The third kappa shape index (κ3) is 2.34. The molecule has 126 valence electrons. The Labute approximate surface area is 143 Å². The number of amides is 2. The van der Waals surface area contributed by atoms with Gasteiger partial charge in [-0.05, 0) is 30.5 Å². The molecule has 0 aliphatic carbocycles. The van der Waals surface area contributed by atoms with Crippen LogP contribution < -0.4 is 0 Å². The molecule has 0 radical (unpaired) electrons. The summed E-state index contributed by atoms with van der Waals surface area (Å²) in [5, 5.41) is 0.527. The highest BCUT2D eigenvalue weighted by atomic mass is 16.7. The molecule has 0 N–H and O–H groups in total. The lowest BCUT2D eigenvalue weighted by Crippen LogP contribution is -2.43. The Kier molecular flexibility index (Phi) is 3.62. The topological polar surface area (TPSA) is 72.9 Å². The number of imide groups is 1. The second-order valence-corrected chi connectivity index (χ2v) is 5.97. The van der Waals surface area contributed by atoms with Gasteiger partial charge in [0.2, 0.25) is 0 Å². The van der Waals surface area contributed by atoms with E-state index in [2.05, 4.69) is 0 Å². The number of hydrogen-bond donors (Lipinski definition) is 0. The fraction of sp³-hybridized carbons (Fsp3) is 0.211. The Morgan fingerprint density at radius 1 is 0.960 bits per heavy atom. The van der Waals surface area contributed by atoms with Crippen molar-refractivity contribution in [3.05, 3.63) is 71.3 Å². The number of nitrogens with zero attached hydrogens (tertiary/aromatic N) is 1. The average molecular weight is 337 g/mol. The van der Waals surface area contributed by atoms with Crippen molar-refractivity contribution in [1.82, 2.24) is 5.06 Å². The highest BCUT2D eigenvalue weighted by Crippen LogP contribution is 2.38. The Morgan fingerprint density at radius 3 is 2.12 bits per heavy atom. The minimum atomic E-state index is -1.30. The summed E-state index contributed by atoms with van der Waals surface area (Å²) in [6.45, 7) is 0.409. The monoisotopic (exact) mass is 337 g/mol.